The maximum Gasteiger partial charge on any atom is 0.490 e. The fourth-order valence-corrected chi connectivity index (χ4v) is 2.46. The van der Waals surface area contributed by atoms with Gasteiger partial charge < -0.3 is 15.3 Å². The molecule has 25 heavy (non-hydrogen) atoms. The van der Waals surface area contributed by atoms with Gasteiger partial charge in [0.05, 0.1) is 11.9 Å². The summed E-state index contributed by atoms with van der Waals surface area (Å²) in [6.07, 6.45) is -1.25. The molecule has 1 aliphatic heterocycles. The number of carbonyl (C=O) groups is 1. The van der Waals surface area contributed by atoms with Crippen LogP contribution in [-0.2, 0) is 11.8 Å². The average Bonchev–Trinajstić information content (AvgIpc) is 2.51. The van der Waals surface area contributed by atoms with Crippen LogP contribution in [0.4, 0.5) is 18.9 Å². The number of halogens is 4. The van der Waals surface area contributed by atoms with Gasteiger partial charge in [0.15, 0.2) is 0 Å². The quantitative estimate of drug-likeness (QED) is 0.810. The van der Waals surface area contributed by atoms with Crippen molar-refractivity contribution in [2.75, 3.05) is 18.9 Å². The molecule has 1 aromatic rings. The van der Waals surface area contributed by atoms with Gasteiger partial charge in [-0.15, -0.1) is 0 Å². The van der Waals surface area contributed by atoms with Crippen LogP contribution in [0.2, 0.25) is 5.02 Å². The third-order valence-electron chi connectivity index (χ3n) is 3.87. The Kier molecular flexibility index (Phi) is 7.24. The summed E-state index contributed by atoms with van der Waals surface area (Å²) in [5, 5.41) is 14.6. The van der Waals surface area contributed by atoms with E-state index in [0.29, 0.717) is 17.8 Å². The number of nitrogens with zero attached hydrogens (tertiary/aromatic N) is 3. The van der Waals surface area contributed by atoms with Gasteiger partial charge in [-0.1, -0.05) is 11.6 Å². The van der Waals surface area contributed by atoms with Gasteiger partial charge in [-0.3, -0.25) is 4.79 Å². The van der Waals surface area contributed by atoms with Crippen LogP contribution in [0, 0.1) is 0 Å². The fraction of sp³-hybridized carbons (Fsp3) is 0.643. The molecule has 0 aliphatic carbocycles. The second-order valence-corrected chi connectivity index (χ2v) is 6.19. The third-order valence-corrected chi connectivity index (χ3v) is 4.24. The van der Waals surface area contributed by atoms with Crippen molar-refractivity contribution in [2.45, 2.75) is 38.0 Å². The highest BCUT2D eigenvalue weighted by Gasteiger charge is 2.38. The lowest BCUT2D eigenvalue weighted by Gasteiger charge is -2.36. The third kappa shape index (κ3) is 6.20. The molecule has 1 aromatic heterocycles. The van der Waals surface area contributed by atoms with E-state index in [-0.39, 0.29) is 10.6 Å². The number of likely N-dealkylation sites (tertiary alicyclic amines) is 1. The number of aromatic nitrogens is 2. The highest BCUT2D eigenvalue weighted by atomic mass is 35.5. The Morgan fingerprint density at radius 2 is 1.96 bits per heavy atom. The molecule has 2 atom stereocenters. The molecule has 2 unspecified atom stereocenters. The molecule has 1 fully saturated rings. The van der Waals surface area contributed by atoms with Crippen LogP contribution >= 0.6 is 11.6 Å². The number of carboxylic acids is 1. The normalized spacial score (nSPS) is 21.2. The molecule has 0 spiro atoms. The largest absolute Gasteiger partial charge is 0.490 e. The van der Waals surface area contributed by atoms with Crippen molar-refractivity contribution in [1.29, 1.82) is 0 Å². The lowest BCUT2D eigenvalue weighted by molar-refractivity contribution is -0.192. The number of carboxylic acid groups (broad SMARTS) is 1. The van der Waals surface area contributed by atoms with E-state index < -0.39 is 12.1 Å². The van der Waals surface area contributed by atoms with Crippen LogP contribution in [-0.4, -0.2) is 57.6 Å². The molecular weight excluding hydrogens is 365 g/mol. The summed E-state index contributed by atoms with van der Waals surface area (Å²) in [6.45, 7) is 3.18. The molecule has 142 valence electrons. The van der Waals surface area contributed by atoms with Crippen LogP contribution in [0.5, 0.6) is 0 Å². The lowest BCUT2D eigenvalue weighted by atomic mass is 10.00. The van der Waals surface area contributed by atoms with E-state index in [1.165, 1.54) is 4.68 Å². The van der Waals surface area contributed by atoms with E-state index in [1.807, 2.05) is 0 Å². The second-order valence-electron chi connectivity index (χ2n) is 5.81. The van der Waals surface area contributed by atoms with Gasteiger partial charge in [-0.2, -0.15) is 18.3 Å². The van der Waals surface area contributed by atoms with Crippen molar-refractivity contribution >= 4 is 23.3 Å². The van der Waals surface area contributed by atoms with Crippen LogP contribution in [0.15, 0.2) is 11.0 Å². The first-order valence-electron chi connectivity index (χ1n) is 7.42. The van der Waals surface area contributed by atoms with Crippen LogP contribution in [0.3, 0.4) is 0 Å². The molecule has 2 heterocycles. The minimum absolute atomic E-state index is 0.216. The van der Waals surface area contributed by atoms with Crippen molar-refractivity contribution < 1.29 is 23.1 Å². The first-order chi connectivity index (χ1) is 11.4. The number of hydrogen-bond acceptors (Lipinski definition) is 5. The molecule has 0 bridgehead atoms. The van der Waals surface area contributed by atoms with Gasteiger partial charge in [0.25, 0.3) is 5.56 Å². The predicted molar refractivity (Wildman–Crippen MR) is 86.9 cm³/mol. The minimum Gasteiger partial charge on any atom is -0.475 e. The summed E-state index contributed by atoms with van der Waals surface area (Å²) < 4.78 is 33.0. The molecule has 0 saturated carbocycles. The molecule has 1 aliphatic rings. The zero-order chi connectivity index (χ0) is 19.4. The standard InChI is InChI=1S/C12H19ClN4O.C2HF3O2/c1-8-4-5-9(7-16(8)2)15-10-6-14-17(3)12(18)11(10)13;3-2(4,5)1(6)7/h6,8-9,15H,4-5,7H2,1-3H3;(H,6,7). The molecule has 7 nitrogen and oxygen atoms in total. The SMILES string of the molecule is CC1CCC(Nc2cnn(C)c(=O)c2Cl)CN1C.O=C(O)C(F)(F)F. The summed E-state index contributed by atoms with van der Waals surface area (Å²) in [4.78, 5) is 22.9. The van der Waals surface area contributed by atoms with Crippen LogP contribution in [0.25, 0.3) is 0 Å². The van der Waals surface area contributed by atoms with Crippen molar-refractivity contribution in [3.05, 3.63) is 21.6 Å². The number of alkyl halides is 3. The Hall–Kier alpha value is -1.81. The molecule has 1 saturated heterocycles. The summed E-state index contributed by atoms with van der Waals surface area (Å²) in [6, 6.07) is 0.929. The summed E-state index contributed by atoms with van der Waals surface area (Å²) in [7, 11) is 3.70. The molecule has 0 amide bonds. The summed E-state index contributed by atoms with van der Waals surface area (Å²) in [5.74, 6) is -2.76. The zero-order valence-corrected chi connectivity index (χ0v) is 14.7. The first-order valence-corrected chi connectivity index (χ1v) is 7.80. The number of aliphatic carboxylic acids is 1. The van der Waals surface area contributed by atoms with E-state index in [9.17, 15) is 18.0 Å². The number of anilines is 1. The summed E-state index contributed by atoms with van der Waals surface area (Å²) in [5.41, 5.74) is 0.368. The Morgan fingerprint density at radius 1 is 1.40 bits per heavy atom. The molecule has 11 heteroatoms. The predicted octanol–water partition coefficient (Wildman–Crippen LogP) is 1.96. The van der Waals surface area contributed by atoms with Crippen molar-refractivity contribution in [3.8, 4) is 0 Å². The van der Waals surface area contributed by atoms with Gasteiger partial charge in [0.1, 0.15) is 5.02 Å². The van der Waals surface area contributed by atoms with Gasteiger partial charge in [-0.25, -0.2) is 9.48 Å². The van der Waals surface area contributed by atoms with Gasteiger partial charge in [0.2, 0.25) is 0 Å². The monoisotopic (exact) mass is 384 g/mol. The number of rotatable bonds is 2. The van der Waals surface area contributed by atoms with Crippen molar-refractivity contribution in [2.24, 2.45) is 7.05 Å². The van der Waals surface area contributed by atoms with E-state index in [1.54, 1.807) is 13.2 Å². The lowest BCUT2D eigenvalue weighted by Crippen LogP contribution is -2.44. The van der Waals surface area contributed by atoms with Crippen LogP contribution < -0.4 is 10.9 Å². The maximum absolute atomic E-state index is 11.7. The first kappa shape index (κ1) is 21.2. The number of aryl methyl sites for hydroxylation is 1. The highest BCUT2D eigenvalue weighted by molar-refractivity contribution is 6.32. The van der Waals surface area contributed by atoms with Gasteiger partial charge in [-0.05, 0) is 26.8 Å². The minimum atomic E-state index is -5.08. The molecule has 0 aromatic carbocycles. The number of piperidine rings is 1. The van der Waals surface area contributed by atoms with E-state index >= 15 is 0 Å². The Labute approximate surface area is 147 Å². The van der Waals surface area contributed by atoms with E-state index in [0.717, 1.165) is 19.4 Å². The van der Waals surface area contributed by atoms with Gasteiger partial charge >= 0.3 is 12.1 Å². The molecular formula is C14H20ClF3N4O3. The molecule has 2 N–H and O–H groups in total. The van der Waals surface area contributed by atoms with Crippen molar-refractivity contribution in [3.63, 3.8) is 0 Å². The highest BCUT2D eigenvalue weighted by Crippen LogP contribution is 2.21. The fourth-order valence-electron chi connectivity index (χ4n) is 2.23. The Bertz CT molecular complexity index is 666. The molecule has 0 radical (unpaired) electrons. The second kappa shape index (κ2) is 8.52. The van der Waals surface area contributed by atoms with Crippen LogP contribution in [0.1, 0.15) is 19.8 Å². The smallest absolute Gasteiger partial charge is 0.475 e. The maximum atomic E-state index is 11.7. The van der Waals surface area contributed by atoms with E-state index in [2.05, 4.69) is 29.3 Å². The zero-order valence-electron chi connectivity index (χ0n) is 14.0. The number of nitrogens with one attached hydrogen (secondary N) is 1. The summed E-state index contributed by atoms with van der Waals surface area (Å²) >= 11 is 6.03. The Morgan fingerprint density at radius 3 is 2.44 bits per heavy atom. The van der Waals surface area contributed by atoms with Crippen molar-refractivity contribution in [1.82, 2.24) is 14.7 Å². The van der Waals surface area contributed by atoms with Gasteiger partial charge in [0, 0.05) is 25.7 Å². The topological polar surface area (TPSA) is 87.5 Å². The number of likely N-dealkylation sites (N-methyl/N-ethyl adjacent to an activating group) is 1. The average molecular weight is 385 g/mol. The number of hydrogen-bond donors (Lipinski definition) is 2. The molecule has 2 rings (SSSR count). The van der Waals surface area contributed by atoms with E-state index in [4.69, 9.17) is 21.5 Å². The Balaban J connectivity index is 0.000000381.